The Hall–Kier alpha value is -4.38. The fourth-order valence-corrected chi connectivity index (χ4v) is 5.65. The minimum Gasteiger partial charge on any atom is -0.353 e. The number of rotatable bonds is 2. The maximum Gasteiger partial charge on any atom is 0.262 e. The highest BCUT2D eigenvalue weighted by atomic mass is 16.2. The molecule has 1 aliphatic heterocycles. The normalized spacial score (nSPS) is 14.1. The molecule has 7 rings (SSSR count). The van der Waals surface area contributed by atoms with Crippen LogP contribution in [0.1, 0.15) is 52.6 Å². The number of carbonyl (C=O) groups excluding carboxylic acids is 2. The van der Waals surface area contributed by atoms with Crippen LogP contribution in [0.4, 0.5) is 0 Å². The zero-order chi connectivity index (χ0) is 24.8. The molecule has 36 heavy (non-hydrogen) atoms. The number of nitrogens with one attached hydrogen (secondary N) is 2. The molecule has 0 bridgehead atoms. The topological polar surface area (TPSA) is 69.0 Å². The summed E-state index contributed by atoms with van der Waals surface area (Å²) in [5, 5.41) is 3.51. The number of nitrogens with zero attached hydrogens (tertiary/aromatic N) is 1. The minimum absolute atomic E-state index is 0.0376. The number of H-pyrrole nitrogens is 2. The van der Waals surface area contributed by atoms with Gasteiger partial charge in [-0.25, -0.2) is 0 Å². The van der Waals surface area contributed by atoms with Crippen LogP contribution in [0.25, 0.3) is 43.6 Å². The number of hydrogen-bond acceptors (Lipinski definition) is 2. The van der Waals surface area contributed by atoms with Gasteiger partial charge < -0.3 is 9.97 Å². The smallest absolute Gasteiger partial charge is 0.262 e. The third-order valence-corrected chi connectivity index (χ3v) is 7.49. The van der Waals surface area contributed by atoms with Crippen molar-refractivity contribution in [2.45, 2.75) is 32.7 Å². The molecule has 5 nitrogen and oxygen atoms in total. The van der Waals surface area contributed by atoms with E-state index in [0.717, 1.165) is 49.2 Å². The van der Waals surface area contributed by atoms with Gasteiger partial charge in [0.05, 0.1) is 28.7 Å². The minimum atomic E-state index is -0.239. The lowest BCUT2D eigenvalue weighted by Crippen LogP contribution is -2.29. The average Bonchev–Trinajstić information content (AvgIpc) is 3.50. The fourth-order valence-electron chi connectivity index (χ4n) is 5.65. The molecule has 5 heteroatoms. The van der Waals surface area contributed by atoms with Gasteiger partial charge in [0.25, 0.3) is 11.8 Å². The van der Waals surface area contributed by atoms with Crippen molar-refractivity contribution in [2.75, 3.05) is 0 Å². The Morgan fingerprint density at radius 3 is 1.61 bits per heavy atom. The van der Waals surface area contributed by atoms with Crippen LogP contribution >= 0.6 is 0 Å². The first kappa shape index (κ1) is 20.9. The van der Waals surface area contributed by atoms with E-state index in [9.17, 15) is 9.59 Å². The van der Waals surface area contributed by atoms with Gasteiger partial charge in [-0.3, -0.25) is 14.5 Å². The summed E-state index contributed by atoms with van der Waals surface area (Å²) >= 11 is 0. The molecule has 2 aromatic heterocycles. The van der Waals surface area contributed by atoms with Crippen molar-refractivity contribution < 1.29 is 9.59 Å². The summed E-state index contributed by atoms with van der Waals surface area (Å²) in [6, 6.07) is 24.1. The quantitative estimate of drug-likeness (QED) is 0.266. The first-order valence-corrected chi connectivity index (χ1v) is 12.3. The molecule has 0 saturated carbocycles. The molecule has 176 valence electrons. The van der Waals surface area contributed by atoms with Crippen molar-refractivity contribution in [3.05, 3.63) is 95.1 Å². The second-order valence-electron chi connectivity index (χ2n) is 10.7. The molecule has 1 aliphatic rings. The molecule has 0 fully saturated rings. The van der Waals surface area contributed by atoms with Gasteiger partial charge in [-0.15, -0.1) is 0 Å². The predicted octanol–water partition coefficient (Wildman–Crippen LogP) is 7.05. The highest BCUT2D eigenvalue weighted by molar-refractivity contribution is 6.39. The van der Waals surface area contributed by atoms with E-state index in [2.05, 4.69) is 42.9 Å². The molecular formula is C31H25N3O2. The summed E-state index contributed by atoms with van der Waals surface area (Å²) in [5.41, 5.74) is 6.78. The number of benzene rings is 4. The maximum absolute atomic E-state index is 14.0. The van der Waals surface area contributed by atoms with Crippen molar-refractivity contribution in [3.8, 4) is 0 Å². The Labute approximate surface area is 207 Å². The summed E-state index contributed by atoms with van der Waals surface area (Å²) < 4.78 is 0. The second-order valence-corrected chi connectivity index (χ2v) is 10.7. The number of aromatic nitrogens is 2. The number of imide groups is 1. The standard InChI is InChI=1S/C31H25N3O2/c1-31(2,3)18-14-12-17(13-15-18)16-34-29(35)25-23-19-8-4-6-10-21(19)32-27(23)28-24(26(25)30(34)36)20-9-5-7-11-22(20)33-28/h4-15,32-33H,16H2,1-3H3. The van der Waals surface area contributed by atoms with Crippen molar-refractivity contribution in [2.24, 2.45) is 0 Å². The van der Waals surface area contributed by atoms with Gasteiger partial charge in [0, 0.05) is 32.6 Å². The molecule has 0 atom stereocenters. The Morgan fingerprint density at radius 2 is 1.14 bits per heavy atom. The molecule has 6 aromatic rings. The van der Waals surface area contributed by atoms with Gasteiger partial charge in [-0.2, -0.15) is 0 Å². The first-order valence-electron chi connectivity index (χ1n) is 12.3. The van der Waals surface area contributed by atoms with E-state index >= 15 is 0 Å². The van der Waals surface area contributed by atoms with E-state index in [4.69, 9.17) is 0 Å². The first-order chi connectivity index (χ1) is 17.3. The Kier molecular flexibility index (Phi) is 4.12. The molecule has 2 amide bonds. The molecule has 0 radical (unpaired) electrons. The summed E-state index contributed by atoms with van der Waals surface area (Å²) in [6.07, 6.45) is 0. The van der Waals surface area contributed by atoms with Gasteiger partial charge in [-0.05, 0) is 28.7 Å². The molecule has 2 N–H and O–H groups in total. The highest BCUT2D eigenvalue weighted by Crippen LogP contribution is 2.43. The third-order valence-electron chi connectivity index (χ3n) is 7.49. The van der Waals surface area contributed by atoms with Gasteiger partial charge in [0.2, 0.25) is 0 Å². The number of amides is 2. The highest BCUT2D eigenvalue weighted by Gasteiger charge is 2.40. The summed E-state index contributed by atoms with van der Waals surface area (Å²) in [6.45, 7) is 6.76. The maximum atomic E-state index is 14.0. The number of carbonyl (C=O) groups is 2. The van der Waals surface area contributed by atoms with E-state index < -0.39 is 0 Å². The number of fused-ring (bicyclic) bond motifs is 10. The van der Waals surface area contributed by atoms with Crippen molar-refractivity contribution in [1.29, 1.82) is 0 Å². The molecule has 0 saturated heterocycles. The average molecular weight is 472 g/mol. The zero-order valence-electron chi connectivity index (χ0n) is 20.4. The van der Waals surface area contributed by atoms with Crippen LogP contribution in [0.5, 0.6) is 0 Å². The summed E-state index contributed by atoms with van der Waals surface area (Å²) in [4.78, 5) is 36.4. The predicted molar refractivity (Wildman–Crippen MR) is 145 cm³/mol. The molecular weight excluding hydrogens is 446 g/mol. The van der Waals surface area contributed by atoms with Crippen LogP contribution in [0, 0.1) is 0 Å². The zero-order valence-corrected chi connectivity index (χ0v) is 20.4. The largest absolute Gasteiger partial charge is 0.353 e. The third kappa shape index (κ3) is 2.77. The van der Waals surface area contributed by atoms with Gasteiger partial charge >= 0.3 is 0 Å². The van der Waals surface area contributed by atoms with Crippen molar-refractivity contribution in [1.82, 2.24) is 14.9 Å². The van der Waals surface area contributed by atoms with E-state index in [1.807, 2.05) is 60.7 Å². The van der Waals surface area contributed by atoms with Crippen LogP contribution in [0.3, 0.4) is 0 Å². The molecule has 0 aliphatic carbocycles. The molecule has 0 unspecified atom stereocenters. The van der Waals surface area contributed by atoms with E-state index in [-0.39, 0.29) is 23.8 Å². The van der Waals surface area contributed by atoms with Gasteiger partial charge in [0.1, 0.15) is 0 Å². The summed E-state index contributed by atoms with van der Waals surface area (Å²) in [5.74, 6) is -0.478. The lowest BCUT2D eigenvalue weighted by atomic mass is 9.87. The molecule has 4 aromatic carbocycles. The second kappa shape index (κ2) is 7.08. The molecule has 3 heterocycles. The molecule has 0 spiro atoms. The van der Waals surface area contributed by atoms with Gasteiger partial charge in [-0.1, -0.05) is 81.4 Å². The summed E-state index contributed by atoms with van der Waals surface area (Å²) in [7, 11) is 0. The monoisotopic (exact) mass is 471 g/mol. The Morgan fingerprint density at radius 1 is 0.667 bits per heavy atom. The van der Waals surface area contributed by atoms with E-state index in [1.165, 1.54) is 10.5 Å². The Bertz CT molecular complexity index is 1770. The van der Waals surface area contributed by atoms with E-state index in [1.54, 1.807) is 0 Å². The van der Waals surface area contributed by atoms with Crippen LogP contribution in [-0.4, -0.2) is 26.7 Å². The van der Waals surface area contributed by atoms with Crippen LogP contribution in [0.2, 0.25) is 0 Å². The lowest BCUT2D eigenvalue weighted by Gasteiger charge is -2.20. The van der Waals surface area contributed by atoms with Crippen LogP contribution in [0.15, 0.2) is 72.8 Å². The SMILES string of the molecule is CC(C)(C)c1ccc(CN2C(=O)c3c(c4c5ccccc5[nH]c4c4[nH]c5ccccc5c34)C2=O)cc1. The van der Waals surface area contributed by atoms with Crippen molar-refractivity contribution in [3.63, 3.8) is 0 Å². The van der Waals surface area contributed by atoms with Crippen molar-refractivity contribution >= 4 is 55.4 Å². The number of hydrogen-bond donors (Lipinski definition) is 2. The number of aromatic amines is 2. The van der Waals surface area contributed by atoms with Gasteiger partial charge in [0.15, 0.2) is 0 Å². The van der Waals surface area contributed by atoms with Crippen LogP contribution in [-0.2, 0) is 12.0 Å². The Balaban J connectivity index is 1.48. The lowest BCUT2D eigenvalue weighted by molar-refractivity contribution is 0.0643. The van der Waals surface area contributed by atoms with Crippen LogP contribution < -0.4 is 0 Å². The number of para-hydroxylation sites is 2. The fraction of sp³-hybridized carbons (Fsp3) is 0.161. The van der Waals surface area contributed by atoms with E-state index in [0.29, 0.717) is 11.1 Å².